The van der Waals surface area contributed by atoms with Crippen LogP contribution in [0.15, 0.2) is 18.2 Å². The SMILES string of the molecule is COC(=O)c1cc(N2CCN(C3CCCC3)CC2)ccc1[N+](=O)[O-]. The van der Waals surface area contributed by atoms with Crippen molar-refractivity contribution < 1.29 is 14.5 Å². The van der Waals surface area contributed by atoms with Gasteiger partial charge in [0.2, 0.25) is 0 Å². The Morgan fingerprint density at radius 1 is 1.21 bits per heavy atom. The topological polar surface area (TPSA) is 75.9 Å². The van der Waals surface area contributed by atoms with Crippen LogP contribution in [0.3, 0.4) is 0 Å². The number of esters is 1. The van der Waals surface area contributed by atoms with Crippen LogP contribution >= 0.6 is 0 Å². The summed E-state index contributed by atoms with van der Waals surface area (Å²) in [6.45, 7) is 3.73. The third-order valence-electron chi connectivity index (χ3n) is 5.10. The largest absolute Gasteiger partial charge is 0.465 e. The normalized spacial score (nSPS) is 19.5. The summed E-state index contributed by atoms with van der Waals surface area (Å²) in [4.78, 5) is 27.1. The Hall–Kier alpha value is -2.15. The highest BCUT2D eigenvalue weighted by Gasteiger charge is 2.28. The number of carbonyl (C=O) groups is 1. The average molecular weight is 333 g/mol. The highest BCUT2D eigenvalue weighted by atomic mass is 16.6. The summed E-state index contributed by atoms with van der Waals surface area (Å²) in [6.07, 6.45) is 5.25. The Labute approximate surface area is 141 Å². The number of methoxy groups -OCH3 is 1. The number of nitrogens with zero attached hydrogens (tertiary/aromatic N) is 3. The quantitative estimate of drug-likeness (QED) is 0.478. The van der Waals surface area contributed by atoms with Gasteiger partial charge in [0.15, 0.2) is 0 Å². The molecule has 2 fully saturated rings. The van der Waals surface area contributed by atoms with Crippen molar-refractivity contribution in [3.05, 3.63) is 33.9 Å². The first-order valence-electron chi connectivity index (χ1n) is 8.46. The minimum atomic E-state index is -0.673. The molecule has 1 heterocycles. The summed E-state index contributed by atoms with van der Waals surface area (Å²) < 4.78 is 4.68. The molecule has 0 unspecified atom stereocenters. The second-order valence-corrected chi connectivity index (χ2v) is 6.41. The Bertz CT molecular complexity index is 620. The second-order valence-electron chi connectivity index (χ2n) is 6.41. The molecule has 1 aromatic carbocycles. The van der Waals surface area contributed by atoms with Crippen LogP contribution in [0.25, 0.3) is 0 Å². The third-order valence-corrected chi connectivity index (χ3v) is 5.10. The zero-order valence-corrected chi connectivity index (χ0v) is 13.9. The number of anilines is 1. The van der Waals surface area contributed by atoms with Crippen molar-refractivity contribution in [1.82, 2.24) is 4.90 Å². The van der Waals surface area contributed by atoms with Crippen molar-refractivity contribution >= 4 is 17.3 Å². The molecule has 0 atom stereocenters. The fraction of sp³-hybridized carbons (Fsp3) is 0.588. The molecule has 7 nitrogen and oxygen atoms in total. The second kappa shape index (κ2) is 7.17. The lowest BCUT2D eigenvalue weighted by atomic mass is 10.1. The zero-order valence-electron chi connectivity index (χ0n) is 13.9. The van der Waals surface area contributed by atoms with E-state index in [1.54, 1.807) is 12.1 Å². The summed E-state index contributed by atoms with van der Waals surface area (Å²) in [5, 5.41) is 11.1. The molecule has 0 bridgehead atoms. The van der Waals surface area contributed by atoms with Crippen molar-refractivity contribution in [2.45, 2.75) is 31.7 Å². The van der Waals surface area contributed by atoms with E-state index in [4.69, 9.17) is 0 Å². The minimum absolute atomic E-state index is 0.0122. The van der Waals surface area contributed by atoms with Gasteiger partial charge in [-0.25, -0.2) is 4.79 Å². The lowest BCUT2D eigenvalue weighted by Gasteiger charge is -2.39. The van der Waals surface area contributed by atoms with Gasteiger partial charge >= 0.3 is 5.97 Å². The number of nitro groups is 1. The number of nitro benzene ring substituents is 1. The average Bonchev–Trinajstić information content (AvgIpc) is 3.15. The van der Waals surface area contributed by atoms with E-state index < -0.39 is 10.9 Å². The van der Waals surface area contributed by atoms with Gasteiger partial charge in [-0.1, -0.05) is 12.8 Å². The van der Waals surface area contributed by atoms with Crippen molar-refractivity contribution in [3.63, 3.8) is 0 Å². The minimum Gasteiger partial charge on any atom is -0.465 e. The molecule has 0 amide bonds. The van der Waals surface area contributed by atoms with Crippen molar-refractivity contribution in [3.8, 4) is 0 Å². The molecule has 1 aromatic rings. The Kier molecular flexibility index (Phi) is 4.99. The molecule has 0 aromatic heterocycles. The lowest BCUT2D eigenvalue weighted by molar-refractivity contribution is -0.385. The third kappa shape index (κ3) is 3.36. The smallest absolute Gasteiger partial charge is 0.344 e. The van der Waals surface area contributed by atoms with Crippen molar-refractivity contribution in [1.29, 1.82) is 0 Å². The molecule has 2 aliphatic rings. The van der Waals surface area contributed by atoms with E-state index in [1.807, 2.05) is 0 Å². The molecule has 130 valence electrons. The molecule has 0 radical (unpaired) electrons. The number of rotatable bonds is 4. The zero-order chi connectivity index (χ0) is 17.1. The van der Waals surface area contributed by atoms with Gasteiger partial charge in [0, 0.05) is 44.0 Å². The summed E-state index contributed by atoms with van der Waals surface area (Å²) >= 11 is 0. The van der Waals surface area contributed by atoms with Crippen LogP contribution in [-0.4, -0.2) is 55.1 Å². The maximum Gasteiger partial charge on any atom is 0.344 e. The Morgan fingerprint density at radius 3 is 2.46 bits per heavy atom. The Balaban J connectivity index is 1.73. The number of carbonyl (C=O) groups excluding carboxylic acids is 1. The van der Waals surface area contributed by atoms with E-state index >= 15 is 0 Å². The summed E-state index contributed by atoms with van der Waals surface area (Å²) in [5.74, 6) is -0.673. The molecule has 1 aliphatic heterocycles. The van der Waals surface area contributed by atoms with Crippen LogP contribution in [0.1, 0.15) is 36.0 Å². The van der Waals surface area contributed by atoms with Crippen LogP contribution < -0.4 is 4.90 Å². The van der Waals surface area contributed by atoms with E-state index in [9.17, 15) is 14.9 Å². The van der Waals surface area contributed by atoms with Gasteiger partial charge in [0.25, 0.3) is 5.69 Å². The van der Waals surface area contributed by atoms with Gasteiger partial charge in [-0.05, 0) is 25.0 Å². The van der Waals surface area contributed by atoms with Crippen molar-refractivity contribution in [2.24, 2.45) is 0 Å². The van der Waals surface area contributed by atoms with Gasteiger partial charge in [-0.15, -0.1) is 0 Å². The Morgan fingerprint density at radius 2 is 1.88 bits per heavy atom. The van der Waals surface area contributed by atoms with Gasteiger partial charge < -0.3 is 9.64 Å². The first-order chi connectivity index (χ1) is 11.6. The molecular formula is C17H23N3O4. The highest BCUT2D eigenvalue weighted by molar-refractivity contribution is 5.95. The fourth-order valence-corrected chi connectivity index (χ4v) is 3.77. The summed E-state index contributed by atoms with van der Waals surface area (Å²) in [5.41, 5.74) is 0.639. The van der Waals surface area contributed by atoms with E-state index in [0.29, 0.717) is 0 Å². The fourth-order valence-electron chi connectivity index (χ4n) is 3.77. The van der Waals surface area contributed by atoms with E-state index in [0.717, 1.165) is 37.9 Å². The molecular weight excluding hydrogens is 310 g/mol. The van der Waals surface area contributed by atoms with E-state index in [-0.39, 0.29) is 11.3 Å². The van der Waals surface area contributed by atoms with E-state index in [2.05, 4.69) is 14.5 Å². The summed E-state index contributed by atoms with van der Waals surface area (Å²) in [6, 6.07) is 5.41. The maximum atomic E-state index is 11.8. The number of hydrogen-bond donors (Lipinski definition) is 0. The molecule has 1 saturated carbocycles. The number of piperazine rings is 1. The molecule has 1 aliphatic carbocycles. The number of ether oxygens (including phenoxy) is 1. The van der Waals surface area contributed by atoms with Gasteiger partial charge in [0.1, 0.15) is 5.56 Å². The molecule has 0 spiro atoms. The van der Waals surface area contributed by atoms with Crippen LogP contribution in [0.2, 0.25) is 0 Å². The first kappa shape index (κ1) is 16.7. The standard InChI is InChI=1S/C17H23N3O4/c1-24-17(21)15-12-14(6-7-16(15)20(22)23)19-10-8-18(9-11-19)13-4-2-3-5-13/h6-7,12-13H,2-5,8-11H2,1H3. The predicted octanol–water partition coefficient (Wildman–Crippen LogP) is 2.45. The van der Waals surface area contributed by atoms with Gasteiger partial charge in [0.05, 0.1) is 12.0 Å². The molecule has 1 saturated heterocycles. The van der Waals surface area contributed by atoms with Crippen LogP contribution in [0.4, 0.5) is 11.4 Å². The molecule has 3 rings (SSSR count). The van der Waals surface area contributed by atoms with Crippen molar-refractivity contribution in [2.75, 3.05) is 38.2 Å². The van der Waals surface area contributed by atoms with Crippen LogP contribution in [0.5, 0.6) is 0 Å². The lowest BCUT2D eigenvalue weighted by Crippen LogP contribution is -2.49. The van der Waals surface area contributed by atoms with Gasteiger partial charge in [-0.2, -0.15) is 0 Å². The first-order valence-corrected chi connectivity index (χ1v) is 8.46. The highest BCUT2D eigenvalue weighted by Crippen LogP contribution is 2.28. The predicted molar refractivity (Wildman–Crippen MR) is 90.5 cm³/mol. The van der Waals surface area contributed by atoms with Gasteiger partial charge in [-0.3, -0.25) is 15.0 Å². The molecule has 7 heteroatoms. The number of benzene rings is 1. The summed E-state index contributed by atoms with van der Waals surface area (Å²) in [7, 11) is 1.24. The number of hydrogen-bond acceptors (Lipinski definition) is 6. The molecule has 0 N–H and O–H groups in total. The van der Waals surface area contributed by atoms with Crippen LogP contribution in [-0.2, 0) is 4.74 Å². The van der Waals surface area contributed by atoms with E-state index in [1.165, 1.54) is 38.9 Å². The molecule has 24 heavy (non-hydrogen) atoms. The monoisotopic (exact) mass is 333 g/mol. The maximum absolute atomic E-state index is 11.8. The van der Waals surface area contributed by atoms with Crippen LogP contribution in [0, 0.1) is 10.1 Å².